The second-order valence-electron chi connectivity index (χ2n) is 6.81. The number of piperidine rings is 1. The minimum atomic E-state index is -0.479. The van der Waals surface area contributed by atoms with Crippen molar-refractivity contribution >= 4 is 12.1 Å². The van der Waals surface area contributed by atoms with Gasteiger partial charge in [-0.2, -0.15) is 0 Å². The molecule has 0 aliphatic carbocycles. The Morgan fingerprint density at radius 3 is 2.42 bits per heavy atom. The zero-order chi connectivity index (χ0) is 18.0. The smallest absolute Gasteiger partial charge is 0.407 e. The zero-order valence-electron chi connectivity index (χ0n) is 15.9. The van der Waals surface area contributed by atoms with Crippen LogP contribution in [0.5, 0.6) is 0 Å². The monoisotopic (exact) mass is 342 g/mol. The highest BCUT2D eigenvalue weighted by Gasteiger charge is 2.21. The van der Waals surface area contributed by atoms with Gasteiger partial charge in [-0.3, -0.25) is 4.99 Å². The van der Waals surface area contributed by atoms with Gasteiger partial charge in [-0.25, -0.2) is 4.79 Å². The van der Waals surface area contributed by atoms with E-state index in [4.69, 9.17) is 9.47 Å². The molecular formula is C17H34N4O3. The molecule has 1 fully saturated rings. The molecule has 0 aromatic heterocycles. The highest BCUT2D eigenvalue weighted by atomic mass is 16.6. The molecule has 0 atom stereocenters. The summed E-state index contributed by atoms with van der Waals surface area (Å²) in [4.78, 5) is 18.5. The van der Waals surface area contributed by atoms with Crippen molar-refractivity contribution < 1.29 is 14.3 Å². The summed E-state index contributed by atoms with van der Waals surface area (Å²) in [6, 6.07) is 0. The van der Waals surface area contributed by atoms with Gasteiger partial charge in [0.15, 0.2) is 5.96 Å². The number of hydrogen-bond acceptors (Lipinski definition) is 4. The van der Waals surface area contributed by atoms with E-state index in [1.54, 1.807) is 0 Å². The minimum Gasteiger partial charge on any atom is -0.444 e. The van der Waals surface area contributed by atoms with Crippen LogP contribution in [-0.4, -0.2) is 68.0 Å². The Hall–Kier alpha value is -1.50. The first kappa shape index (κ1) is 20.5. The predicted octanol–water partition coefficient (Wildman–Crippen LogP) is 1.98. The first-order valence-corrected chi connectivity index (χ1v) is 8.97. The summed E-state index contributed by atoms with van der Waals surface area (Å²) < 4.78 is 10.9. The first-order valence-electron chi connectivity index (χ1n) is 8.97. The van der Waals surface area contributed by atoms with Crippen molar-refractivity contribution in [3.63, 3.8) is 0 Å². The highest BCUT2D eigenvalue weighted by molar-refractivity contribution is 5.80. The van der Waals surface area contributed by atoms with E-state index >= 15 is 0 Å². The number of aliphatic imine (C=N–C) groups is 1. The molecule has 1 heterocycles. The van der Waals surface area contributed by atoms with Crippen molar-refractivity contribution in [2.45, 2.75) is 59.2 Å². The number of amides is 1. The molecule has 1 aliphatic rings. The Morgan fingerprint density at radius 1 is 1.21 bits per heavy atom. The Balaban J connectivity index is 2.39. The van der Waals surface area contributed by atoms with Crippen LogP contribution in [0.1, 0.15) is 47.5 Å². The number of ether oxygens (including phenoxy) is 2. The van der Waals surface area contributed by atoms with Crippen LogP contribution in [0.3, 0.4) is 0 Å². The molecule has 140 valence electrons. The van der Waals surface area contributed by atoms with E-state index in [-0.39, 0.29) is 0 Å². The normalized spacial score (nSPS) is 16.9. The van der Waals surface area contributed by atoms with Crippen LogP contribution in [-0.2, 0) is 9.47 Å². The third-order valence-electron chi connectivity index (χ3n) is 3.52. The molecule has 0 unspecified atom stereocenters. The van der Waals surface area contributed by atoms with Gasteiger partial charge in [0.25, 0.3) is 0 Å². The van der Waals surface area contributed by atoms with Gasteiger partial charge in [-0.1, -0.05) is 0 Å². The van der Waals surface area contributed by atoms with Gasteiger partial charge < -0.3 is 25.0 Å². The average molecular weight is 342 g/mol. The van der Waals surface area contributed by atoms with Crippen molar-refractivity contribution in [3.05, 3.63) is 0 Å². The predicted molar refractivity (Wildman–Crippen MR) is 96.4 cm³/mol. The van der Waals surface area contributed by atoms with E-state index in [0.29, 0.717) is 19.2 Å². The number of nitrogens with one attached hydrogen (secondary N) is 2. The van der Waals surface area contributed by atoms with E-state index < -0.39 is 11.7 Å². The second kappa shape index (κ2) is 10.4. The number of carbonyl (C=O) groups excluding carboxylic acids is 1. The fourth-order valence-electron chi connectivity index (χ4n) is 2.53. The Labute approximate surface area is 146 Å². The third-order valence-corrected chi connectivity index (χ3v) is 3.52. The molecule has 1 aliphatic heterocycles. The van der Waals surface area contributed by atoms with Gasteiger partial charge >= 0.3 is 6.09 Å². The second-order valence-corrected chi connectivity index (χ2v) is 6.81. The van der Waals surface area contributed by atoms with Crippen molar-refractivity contribution in [1.82, 2.24) is 15.5 Å². The summed E-state index contributed by atoms with van der Waals surface area (Å²) in [7, 11) is 0. The van der Waals surface area contributed by atoms with Crippen molar-refractivity contribution in [1.29, 1.82) is 0 Å². The summed E-state index contributed by atoms with van der Waals surface area (Å²) in [5, 5.41) is 6.05. The van der Waals surface area contributed by atoms with Crippen molar-refractivity contribution in [2.75, 3.05) is 39.3 Å². The van der Waals surface area contributed by atoms with Gasteiger partial charge in [0.2, 0.25) is 0 Å². The molecule has 7 heteroatoms. The summed E-state index contributed by atoms with van der Waals surface area (Å²) in [5.74, 6) is 0.901. The lowest BCUT2D eigenvalue weighted by Crippen LogP contribution is -2.47. The fourth-order valence-corrected chi connectivity index (χ4v) is 2.53. The Kier molecular flexibility index (Phi) is 8.89. The molecule has 0 saturated carbocycles. The van der Waals surface area contributed by atoms with Crippen LogP contribution in [0, 0.1) is 0 Å². The quantitative estimate of drug-likeness (QED) is 0.438. The molecule has 1 amide bonds. The average Bonchev–Trinajstić information content (AvgIpc) is 2.50. The first-order chi connectivity index (χ1) is 11.4. The molecule has 2 N–H and O–H groups in total. The molecule has 1 rings (SSSR count). The highest BCUT2D eigenvalue weighted by Crippen LogP contribution is 2.13. The molecule has 0 radical (unpaired) electrons. The molecule has 7 nitrogen and oxygen atoms in total. The van der Waals surface area contributed by atoms with E-state index in [1.165, 1.54) is 0 Å². The third kappa shape index (κ3) is 8.38. The number of likely N-dealkylation sites (tertiary alicyclic amines) is 1. The number of hydrogen-bond donors (Lipinski definition) is 2. The van der Waals surface area contributed by atoms with Crippen LogP contribution in [0.4, 0.5) is 4.79 Å². The van der Waals surface area contributed by atoms with E-state index in [1.807, 2.05) is 27.7 Å². The van der Waals surface area contributed by atoms with E-state index in [2.05, 4.69) is 27.4 Å². The number of carbonyl (C=O) groups is 1. The lowest BCUT2D eigenvalue weighted by Gasteiger charge is -2.34. The number of alkyl carbamates (subject to hydrolysis) is 1. The van der Waals surface area contributed by atoms with Crippen LogP contribution >= 0.6 is 0 Å². The lowest BCUT2D eigenvalue weighted by atomic mass is 10.1. The van der Waals surface area contributed by atoms with Gasteiger partial charge in [0.05, 0.1) is 12.6 Å². The molecule has 24 heavy (non-hydrogen) atoms. The van der Waals surface area contributed by atoms with Crippen LogP contribution in [0.2, 0.25) is 0 Å². The summed E-state index contributed by atoms with van der Waals surface area (Å²) in [6.45, 7) is 14.1. The van der Waals surface area contributed by atoms with Crippen molar-refractivity contribution in [2.24, 2.45) is 4.99 Å². The topological polar surface area (TPSA) is 75.2 Å². The maximum Gasteiger partial charge on any atom is 0.407 e. The Morgan fingerprint density at radius 2 is 1.88 bits per heavy atom. The SMILES string of the molecule is CCNC(=NCCNC(=O)OC(C)(C)C)N1CCC(OCC)CC1. The maximum atomic E-state index is 11.6. The molecule has 0 aromatic rings. The summed E-state index contributed by atoms with van der Waals surface area (Å²) in [6.07, 6.45) is 2.01. The van der Waals surface area contributed by atoms with Crippen molar-refractivity contribution in [3.8, 4) is 0 Å². The number of guanidine groups is 1. The lowest BCUT2D eigenvalue weighted by molar-refractivity contribution is 0.0263. The maximum absolute atomic E-state index is 11.6. The molecule has 0 bridgehead atoms. The standard InChI is InChI=1S/C17H34N4O3/c1-6-18-15(21-12-8-14(9-13-21)23-7-2)19-10-11-20-16(22)24-17(3,4)5/h14H,6-13H2,1-5H3,(H,18,19)(H,20,22). The molecule has 0 aromatic carbocycles. The van der Waals surface area contributed by atoms with E-state index in [9.17, 15) is 4.79 Å². The van der Waals surface area contributed by atoms with Gasteiger partial charge in [0, 0.05) is 32.8 Å². The summed E-state index contributed by atoms with van der Waals surface area (Å²) in [5.41, 5.74) is -0.479. The number of rotatable bonds is 6. The minimum absolute atomic E-state index is 0.364. The van der Waals surface area contributed by atoms with Crippen LogP contribution in [0.25, 0.3) is 0 Å². The van der Waals surface area contributed by atoms with Gasteiger partial charge in [-0.15, -0.1) is 0 Å². The van der Waals surface area contributed by atoms with Crippen LogP contribution in [0.15, 0.2) is 4.99 Å². The van der Waals surface area contributed by atoms with Gasteiger partial charge in [0.1, 0.15) is 5.60 Å². The molecular weight excluding hydrogens is 308 g/mol. The van der Waals surface area contributed by atoms with Gasteiger partial charge in [-0.05, 0) is 47.5 Å². The largest absolute Gasteiger partial charge is 0.444 e. The van der Waals surface area contributed by atoms with Crippen LogP contribution < -0.4 is 10.6 Å². The number of nitrogens with zero attached hydrogens (tertiary/aromatic N) is 2. The molecule has 0 spiro atoms. The summed E-state index contributed by atoms with van der Waals surface area (Å²) >= 11 is 0. The van der Waals surface area contributed by atoms with E-state index in [0.717, 1.165) is 45.0 Å². The zero-order valence-corrected chi connectivity index (χ0v) is 15.9. The fraction of sp³-hybridized carbons (Fsp3) is 0.882. The Bertz CT molecular complexity index is 399. The molecule has 1 saturated heterocycles.